The highest BCUT2D eigenvalue weighted by molar-refractivity contribution is 7.18. The highest BCUT2D eigenvalue weighted by Crippen LogP contribution is 2.36. The van der Waals surface area contributed by atoms with Crippen LogP contribution in [0.3, 0.4) is 0 Å². The summed E-state index contributed by atoms with van der Waals surface area (Å²) >= 11 is 1.67. The zero-order valence-corrected chi connectivity index (χ0v) is 14.9. The normalized spacial score (nSPS) is 17.0. The van der Waals surface area contributed by atoms with E-state index >= 15 is 0 Å². The molecule has 2 heterocycles. The number of thiazole rings is 1. The Balaban J connectivity index is 1.52. The molecule has 5 heteroatoms. The number of carbonyl (C=O) groups excluding carboxylic acids is 1. The van der Waals surface area contributed by atoms with Gasteiger partial charge in [0.1, 0.15) is 5.01 Å². The van der Waals surface area contributed by atoms with Crippen molar-refractivity contribution in [1.82, 2.24) is 9.88 Å². The van der Waals surface area contributed by atoms with Gasteiger partial charge in [-0.3, -0.25) is 4.79 Å². The molecule has 0 N–H and O–H groups in total. The Morgan fingerprint density at radius 2 is 2.04 bits per heavy atom. The van der Waals surface area contributed by atoms with Crippen LogP contribution in [0.1, 0.15) is 35.0 Å². The monoisotopic (exact) mass is 359 g/mol. The number of amides is 1. The van der Waals surface area contributed by atoms with Crippen LogP contribution in [-0.2, 0) is 4.79 Å². The van der Waals surface area contributed by atoms with Gasteiger partial charge in [0.2, 0.25) is 5.91 Å². The van der Waals surface area contributed by atoms with Crippen LogP contribution in [0, 0.1) is 11.3 Å². The Hall–Kier alpha value is -2.97. The lowest BCUT2D eigenvalue weighted by atomic mass is 10.1. The van der Waals surface area contributed by atoms with E-state index in [-0.39, 0.29) is 11.9 Å². The quantitative estimate of drug-likeness (QED) is 0.645. The van der Waals surface area contributed by atoms with Crippen molar-refractivity contribution in [3.63, 3.8) is 0 Å². The highest BCUT2D eigenvalue weighted by Gasteiger charge is 2.31. The van der Waals surface area contributed by atoms with E-state index < -0.39 is 0 Å². The van der Waals surface area contributed by atoms with Gasteiger partial charge in [-0.25, -0.2) is 4.98 Å². The standard InChI is InChI=1S/C21H17N3OS/c22-14-16-9-7-15(8-10-16)11-12-20(25)24-13-3-5-18(24)21-23-17-4-1-2-6-19(17)26-21/h1-2,4,6-12,18H,3,5,13H2/b12-11-/t18-/m1/s1. The molecule has 1 saturated heterocycles. The number of nitriles is 1. The summed E-state index contributed by atoms with van der Waals surface area (Å²) in [4.78, 5) is 19.4. The fourth-order valence-electron chi connectivity index (χ4n) is 3.25. The number of rotatable bonds is 3. The van der Waals surface area contributed by atoms with E-state index in [1.54, 1.807) is 35.6 Å². The van der Waals surface area contributed by atoms with Crippen LogP contribution >= 0.6 is 11.3 Å². The minimum absolute atomic E-state index is 0.0103. The fraction of sp³-hybridized carbons (Fsp3) is 0.190. The van der Waals surface area contributed by atoms with Crippen molar-refractivity contribution >= 4 is 33.5 Å². The second kappa shape index (κ2) is 7.11. The van der Waals surface area contributed by atoms with Gasteiger partial charge in [0, 0.05) is 12.6 Å². The second-order valence-corrected chi connectivity index (χ2v) is 7.34. The molecule has 3 aromatic rings. The average molecular weight is 359 g/mol. The van der Waals surface area contributed by atoms with Crippen molar-refractivity contribution in [2.24, 2.45) is 0 Å². The van der Waals surface area contributed by atoms with Gasteiger partial charge in [0.25, 0.3) is 0 Å². The lowest BCUT2D eigenvalue weighted by molar-refractivity contribution is -0.126. The molecule has 1 amide bonds. The predicted octanol–water partition coefficient (Wildman–Crippen LogP) is 4.54. The van der Waals surface area contributed by atoms with Gasteiger partial charge in [-0.15, -0.1) is 11.3 Å². The van der Waals surface area contributed by atoms with Gasteiger partial charge in [-0.1, -0.05) is 24.3 Å². The van der Waals surface area contributed by atoms with Crippen LogP contribution < -0.4 is 0 Å². The molecular formula is C21H17N3OS. The molecule has 0 saturated carbocycles. The van der Waals surface area contributed by atoms with Crippen LogP contribution in [-0.4, -0.2) is 22.3 Å². The molecule has 0 spiro atoms. The fourth-order valence-corrected chi connectivity index (χ4v) is 4.37. The molecule has 0 bridgehead atoms. The first-order valence-corrected chi connectivity index (χ1v) is 9.40. The van der Waals surface area contributed by atoms with Gasteiger partial charge in [-0.2, -0.15) is 5.26 Å². The molecule has 1 atom stereocenters. The number of para-hydroxylation sites is 1. The Morgan fingerprint density at radius 1 is 1.23 bits per heavy atom. The van der Waals surface area contributed by atoms with Crippen molar-refractivity contribution in [2.75, 3.05) is 6.54 Å². The third-order valence-corrected chi connectivity index (χ3v) is 5.73. The molecule has 0 aliphatic carbocycles. The maximum absolute atomic E-state index is 12.7. The molecule has 0 radical (unpaired) electrons. The maximum atomic E-state index is 12.7. The molecule has 0 unspecified atom stereocenters. The summed E-state index contributed by atoms with van der Waals surface area (Å²) in [5, 5.41) is 9.86. The highest BCUT2D eigenvalue weighted by atomic mass is 32.1. The number of hydrogen-bond acceptors (Lipinski definition) is 4. The predicted molar refractivity (Wildman–Crippen MR) is 103 cm³/mol. The van der Waals surface area contributed by atoms with Crippen LogP contribution in [0.4, 0.5) is 0 Å². The number of carbonyl (C=O) groups is 1. The lowest BCUT2D eigenvalue weighted by Crippen LogP contribution is -2.28. The molecular weight excluding hydrogens is 342 g/mol. The first-order chi connectivity index (χ1) is 12.7. The van der Waals surface area contributed by atoms with E-state index in [9.17, 15) is 4.79 Å². The van der Waals surface area contributed by atoms with Gasteiger partial charge >= 0.3 is 0 Å². The SMILES string of the molecule is N#Cc1ccc(/C=C\C(=O)N2CCC[C@@H]2c2nc3ccccc3s2)cc1. The van der Waals surface area contributed by atoms with Gasteiger partial charge in [0.15, 0.2) is 0 Å². The number of benzene rings is 2. The van der Waals surface area contributed by atoms with Crippen LogP contribution in [0.2, 0.25) is 0 Å². The molecule has 2 aromatic carbocycles. The van der Waals surface area contributed by atoms with Crippen LogP contribution in [0.25, 0.3) is 16.3 Å². The van der Waals surface area contributed by atoms with Crippen molar-refractivity contribution in [3.8, 4) is 6.07 Å². The summed E-state index contributed by atoms with van der Waals surface area (Å²) in [6, 6.07) is 17.4. The average Bonchev–Trinajstić information content (AvgIpc) is 3.32. The molecule has 26 heavy (non-hydrogen) atoms. The Kier molecular flexibility index (Phi) is 4.51. The summed E-state index contributed by atoms with van der Waals surface area (Å²) < 4.78 is 1.16. The van der Waals surface area contributed by atoms with Gasteiger partial charge in [-0.05, 0) is 48.7 Å². The minimum atomic E-state index is 0.0103. The zero-order chi connectivity index (χ0) is 17.9. The van der Waals surface area contributed by atoms with Crippen molar-refractivity contribution in [2.45, 2.75) is 18.9 Å². The van der Waals surface area contributed by atoms with E-state index in [1.165, 1.54) is 0 Å². The molecule has 128 valence electrons. The van der Waals surface area contributed by atoms with E-state index in [1.807, 2.05) is 35.2 Å². The topological polar surface area (TPSA) is 57.0 Å². The Labute approximate surface area is 156 Å². The lowest BCUT2D eigenvalue weighted by Gasteiger charge is -2.21. The van der Waals surface area contributed by atoms with E-state index in [0.717, 1.165) is 40.2 Å². The first kappa shape index (κ1) is 16.5. The molecule has 1 aromatic heterocycles. The molecule has 1 fully saturated rings. The molecule has 1 aliphatic rings. The Bertz CT molecular complexity index is 981. The van der Waals surface area contributed by atoms with Crippen LogP contribution in [0.15, 0.2) is 54.6 Å². The zero-order valence-electron chi connectivity index (χ0n) is 14.1. The van der Waals surface area contributed by atoms with Crippen molar-refractivity contribution < 1.29 is 4.79 Å². The molecule has 4 rings (SSSR count). The minimum Gasteiger partial charge on any atom is -0.330 e. The van der Waals surface area contributed by atoms with Crippen LogP contribution in [0.5, 0.6) is 0 Å². The summed E-state index contributed by atoms with van der Waals surface area (Å²) in [7, 11) is 0. The van der Waals surface area contributed by atoms with E-state index in [4.69, 9.17) is 10.2 Å². The number of fused-ring (bicyclic) bond motifs is 1. The van der Waals surface area contributed by atoms with Gasteiger partial charge < -0.3 is 4.90 Å². The van der Waals surface area contributed by atoms with E-state index in [0.29, 0.717) is 5.56 Å². The number of likely N-dealkylation sites (tertiary alicyclic amines) is 1. The maximum Gasteiger partial charge on any atom is 0.247 e. The Morgan fingerprint density at radius 3 is 2.81 bits per heavy atom. The van der Waals surface area contributed by atoms with Crippen molar-refractivity contribution in [1.29, 1.82) is 5.26 Å². The first-order valence-electron chi connectivity index (χ1n) is 8.59. The summed E-state index contributed by atoms with van der Waals surface area (Å²) in [6.45, 7) is 0.761. The summed E-state index contributed by atoms with van der Waals surface area (Å²) in [5.74, 6) is 0.0103. The molecule has 1 aliphatic heterocycles. The summed E-state index contributed by atoms with van der Waals surface area (Å²) in [6.07, 6.45) is 5.37. The largest absolute Gasteiger partial charge is 0.330 e. The van der Waals surface area contributed by atoms with Crippen molar-refractivity contribution in [3.05, 3.63) is 70.7 Å². The van der Waals surface area contributed by atoms with Gasteiger partial charge in [0.05, 0.1) is 27.9 Å². The molecule has 4 nitrogen and oxygen atoms in total. The number of aromatic nitrogens is 1. The number of nitrogens with zero attached hydrogens (tertiary/aromatic N) is 3. The van der Waals surface area contributed by atoms with E-state index in [2.05, 4.69) is 12.1 Å². The third kappa shape index (κ3) is 3.24. The third-order valence-electron chi connectivity index (χ3n) is 4.59. The smallest absolute Gasteiger partial charge is 0.247 e. The summed E-state index contributed by atoms with van der Waals surface area (Å²) in [5.41, 5.74) is 2.52. The second-order valence-electron chi connectivity index (χ2n) is 6.28. The number of hydrogen-bond donors (Lipinski definition) is 0.